The second-order valence-electron chi connectivity index (χ2n) is 4.23. The fourth-order valence-electron chi connectivity index (χ4n) is 1.69. The number of alkyl halides is 3. The van der Waals surface area contributed by atoms with Gasteiger partial charge in [-0.3, -0.25) is 0 Å². The van der Waals surface area contributed by atoms with Gasteiger partial charge in [0.1, 0.15) is 11.0 Å². The van der Waals surface area contributed by atoms with Gasteiger partial charge in [-0.15, -0.1) is 0 Å². The molecule has 1 heterocycles. The third-order valence-corrected chi connectivity index (χ3v) is 2.84. The van der Waals surface area contributed by atoms with Crippen LogP contribution in [0.25, 0.3) is 0 Å². The van der Waals surface area contributed by atoms with Gasteiger partial charge in [-0.05, 0) is 29.8 Å². The second-order valence-corrected chi connectivity index (χ2v) is 4.61. The number of nitriles is 1. The van der Waals surface area contributed by atoms with Gasteiger partial charge in [0.2, 0.25) is 0 Å². The van der Waals surface area contributed by atoms with Crippen LogP contribution in [-0.2, 0) is 12.7 Å². The number of nitrogens with zero attached hydrogens (tertiary/aromatic N) is 2. The van der Waals surface area contributed by atoms with Gasteiger partial charge in [-0.1, -0.05) is 23.7 Å². The summed E-state index contributed by atoms with van der Waals surface area (Å²) in [6.07, 6.45) is -4.48. The van der Waals surface area contributed by atoms with Crippen molar-refractivity contribution in [2.45, 2.75) is 12.7 Å². The van der Waals surface area contributed by atoms with E-state index in [-0.39, 0.29) is 17.5 Å². The Hall–Kier alpha value is -2.26. The second kappa shape index (κ2) is 6.02. The molecule has 0 spiro atoms. The zero-order chi connectivity index (χ0) is 15.5. The Morgan fingerprint density at radius 2 is 2.00 bits per heavy atom. The van der Waals surface area contributed by atoms with E-state index in [2.05, 4.69) is 10.3 Å². The van der Waals surface area contributed by atoms with Crippen LogP contribution >= 0.6 is 11.6 Å². The maximum Gasteiger partial charge on any atom is 0.416 e. The van der Waals surface area contributed by atoms with Crippen LogP contribution < -0.4 is 5.32 Å². The molecule has 1 aromatic heterocycles. The van der Waals surface area contributed by atoms with Crippen LogP contribution in [0.4, 0.5) is 19.0 Å². The van der Waals surface area contributed by atoms with Crippen LogP contribution in [0.3, 0.4) is 0 Å². The van der Waals surface area contributed by atoms with Crippen molar-refractivity contribution >= 4 is 17.4 Å². The summed E-state index contributed by atoms with van der Waals surface area (Å²) in [6.45, 7) is 0.236. The molecule has 2 rings (SSSR count). The highest BCUT2D eigenvalue weighted by atomic mass is 35.5. The van der Waals surface area contributed by atoms with Crippen molar-refractivity contribution in [2.75, 3.05) is 5.32 Å². The summed E-state index contributed by atoms with van der Waals surface area (Å²) in [7, 11) is 0. The van der Waals surface area contributed by atoms with E-state index < -0.39 is 11.7 Å². The first-order chi connectivity index (χ1) is 9.88. The molecule has 1 aromatic carbocycles. The van der Waals surface area contributed by atoms with Crippen molar-refractivity contribution in [3.63, 3.8) is 0 Å². The van der Waals surface area contributed by atoms with Crippen molar-refractivity contribution in [2.24, 2.45) is 0 Å². The number of anilines is 1. The lowest BCUT2D eigenvalue weighted by molar-refractivity contribution is -0.137. The van der Waals surface area contributed by atoms with Gasteiger partial charge < -0.3 is 5.32 Å². The molecule has 7 heteroatoms. The molecule has 3 nitrogen and oxygen atoms in total. The van der Waals surface area contributed by atoms with E-state index in [1.807, 2.05) is 6.07 Å². The Bertz CT molecular complexity index is 693. The fraction of sp³-hybridized carbons (Fsp3) is 0.143. The van der Waals surface area contributed by atoms with Gasteiger partial charge in [-0.2, -0.15) is 18.4 Å². The first kappa shape index (κ1) is 15.1. The van der Waals surface area contributed by atoms with Crippen LogP contribution in [0.15, 0.2) is 36.4 Å². The van der Waals surface area contributed by atoms with Crippen LogP contribution in [-0.4, -0.2) is 4.98 Å². The van der Waals surface area contributed by atoms with Gasteiger partial charge in [0.05, 0.1) is 17.2 Å². The predicted octanol–water partition coefficient (Wildman–Crippen LogP) is 4.24. The lowest BCUT2D eigenvalue weighted by atomic mass is 10.1. The summed E-state index contributed by atoms with van der Waals surface area (Å²) in [5, 5.41) is 11.3. The normalized spacial score (nSPS) is 11.0. The molecule has 108 valence electrons. The largest absolute Gasteiger partial charge is 0.416 e. The molecular formula is C14H9ClF3N3. The molecular weight excluding hydrogens is 303 g/mol. The minimum Gasteiger partial charge on any atom is -0.366 e. The van der Waals surface area contributed by atoms with E-state index in [0.29, 0.717) is 5.56 Å². The van der Waals surface area contributed by atoms with Crippen molar-refractivity contribution < 1.29 is 13.2 Å². The SMILES string of the molecule is N#Cc1cccc(CNc2cc(C(F)(F)F)cc(Cl)n2)c1. The van der Waals surface area contributed by atoms with Gasteiger partial charge in [0.15, 0.2) is 0 Å². The summed E-state index contributed by atoms with van der Waals surface area (Å²) >= 11 is 5.59. The third kappa shape index (κ3) is 4.10. The quantitative estimate of drug-likeness (QED) is 0.863. The first-order valence-electron chi connectivity index (χ1n) is 5.86. The maximum absolute atomic E-state index is 12.7. The van der Waals surface area contributed by atoms with Crippen LogP contribution in [0.1, 0.15) is 16.7 Å². The van der Waals surface area contributed by atoms with Crippen molar-refractivity contribution in [3.05, 3.63) is 58.2 Å². The average molecular weight is 312 g/mol. The minimum absolute atomic E-state index is 0.0252. The van der Waals surface area contributed by atoms with Crippen molar-refractivity contribution in [1.29, 1.82) is 5.26 Å². The molecule has 0 saturated carbocycles. The van der Waals surface area contributed by atoms with Crippen LogP contribution in [0.5, 0.6) is 0 Å². The van der Waals surface area contributed by atoms with Gasteiger partial charge in [0.25, 0.3) is 0 Å². The molecule has 0 fully saturated rings. The lowest BCUT2D eigenvalue weighted by Gasteiger charge is -2.11. The molecule has 0 bridgehead atoms. The molecule has 0 amide bonds. The Labute approximate surface area is 124 Å². The van der Waals surface area contributed by atoms with Gasteiger partial charge in [0, 0.05) is 6.54 Å². The number of pyridine rings is 1. The van der Waals surface area contributed by atoms with E-state index in [0.717, 1.165) is 17.7 Å². The predicted molar refractivity (Wildman–Crippen MR) is 72.7 cm³/mol. The zero-order valence-electron chi connectivity index (χ0n) is 10.6. The minimum atomic E-state index is -4.48. The highest BCUT2D eigenvalue weighted by Crippen LogP contribution is 2.32. The Kier molecular flexibility index (Phi) is 4.34. The molecule has 0 unspecified atom stereocenters. The number of benzene rings is 1. The number of nitrogens with one attached hydrogen (secondary N) is 1. The molecule has 0 radical (unpaired) electrons. The van der Waals surface area contributed by atoms with Crippen LogP contribution in [0, 0.1) is 11.3 Å². The molecule has 0 saturated heterocycles. The molecule has 1 N–H and O–H groups in total. The topological polar surface area (TPSA) is 48.7 Å². The summed E-state index contributed by atoms with van der Waals surface area (Å²) in [4.78, 5) is 3.79. The molecule has 0 aliphatic carbocycles. The molecule has 2 aromatic rings. The van der Waals surface area contributed by atoms with E-state index in [1.54, 1.807) is 24.3 Å². The fourth-order valence-corrected chi connectivity index (χ4v) is 1.90. The van der Waals surface area contributed by atoms with Crippen molar-refractivity contribution in [1.82, 2.24) is 4.98 Å². The van der Waals surface area contributed by atoms with E-state index in [9.17, 15) is 13.2 Å². The summed E-state index contributed by atoms with van der Waals surface area (Å²) in [6, 6.07) is 10.4. The van der Waals surface area contributed by atoms with Crippen molar-refractivity contribution in [3.8, 4) is 6.07 Å². The van der Waals surface area contributed by atoms with Crippen LogP contribution in [0.2, 0.25) is 5.15 Å². The lowest BCUT2D eigenvalue weighted by Crippen LogP contribution is -2.08. The molecule has 0 aliphatic rings. The number of halogens is 4. The number of aromatic nitrogens is 1. The monoisotopic (exact) mass is 311 g/mol. The summed E-state index contributed by atoms with van der Waals surface area (Å²) < 4.78 is 38.0. The standard InChI is InChI=1S/C14H9ClF3N3/c15-12-5-11(14(16,17)18)6-13(21-12)20-8-10-3-1-2-9(4-10)7-19/h1-6H,8H2,(H,20,21). The average Bonchev–Trinajstić information content (AvgIpc) is 2.44. The highest BCUT2D eigenvalue weighted by Gasteiger charge is 2.31. The first-order valence-corrected chi connectivity index (χ1v) is 6.24. The highest BCUT2D eigenvalue weighted by molar-refractivity contribution is 6.29. The number of rotatable bonds is 3. The van der Waals surface area contributed by atoms with E-state index in [4.69, 9.17) is 16.9 Å². The van der Waals surface area contributed by atoms with E-state index >= 15 is 0 Å². The van der Waals surface area contributed by atoms with Gasteiger partial charge >= 0.3 is 6.18 Å². The smallest absolute Gasteiger partial charge is 0.366 e. The third-order valence-electron chi connectivity index (χ3n) is 2.65. The maximum atomic E-state index is 12.7. The number of hydrogen-bond acceptors (Lipinski definition) is 3. The zero-order valence-corrected chi connectivity index (χ0v) is 11.3. The Morgan fingerprint density at radius 1 is 1.24 bits per heavy atom. The summed E-state index contributed by atoms with van der Waals surface area (Å²) in [5.74, 6) is 0.0252. The Balaban J connectivity index is 2.16. The summed E-state index contributed by atoms with van der Waals surface area (Å²) in [5.41, 5.74) is 0.365. The molecule has 0 aliphatic heterocycles. The molecule has 21 heavy (non-hydrogen) atoms. The Morgan fingerprint density at radius 3 is 2.67 bits per heavy atom. The van der Waals surface area contributed by atoms with Gasteiger partial charge in [-0.25, -0.2) is 4.98 Å². The number of hydrogen-bond donors (Lipinski definition) is 1. The van der Waals surface area contributed by atoms with E-state index in [1.165, 1.54) is 0 Å². The molecule has 0 atom stereocenters.